The number of hydrogen-bond acceptors (Lipinski definition) is 8. The molecule has 206 valence electrons. The predicted molar refractivity (Wildman–Crippen MR) is 154 cm³/mol. The minimum atomic E-state index is -3.68. The number of hydrogen-bond donors (Lipinski definition) is 0. The lowest BCUT2D eigenvalue weighted by molar-refractivity contribution is 0.0987. The number of anilines is 1. The van der Waals surface area contributed by atoms with E-state index in [2.05, 4.69) is 10.1 Å². The molecule has 4 aromatic rings. The molecule has 0 bridgehead atoms. The Morgan fingerprint density at radius 3 is 2.41 bits per heavy atom. The number of rotatable bonds is 13. The Labute approximate surface area is 232 Å². The lowest BCUT2D eigenvalue weighted by Crippen LogP contribution is -2.33. The van der Waals surface area contributed by atoms with Gasteiger partial charge in [0.05, 0.1) is 34.7 Å². The summed E-state index contributed by atoms with van der Waals surface area (Å²) >= 11 is 1.29. The third kappa shape index (κ3) is 6.73. The van der Waals surface area contributed by atoms with Crippen LogP contribution in [0.2, 0.25) is 0 Å². The van der Waals surface area contributed by atoms with E-state index in [4.69, 9.17) is 9.15 Å². The summed E-state index contributed by atoms with van der Waals surface area (Å²) in [6.45, 7) is 5.01. The van der Waals surface area contributed by atoms with E-state index in [1.54, 1.807) is 25.3 Å². The predicted octanol–water partition coefficient (Wildman–Crippen LogP) is 6.17. The van der Waals surface area contributed by atoms with Gasteiger partial charge in [-0.25, -0.2) is 13.4 Å². The van der Waals surface area contributed by atoms with E-state index in [9.17, 15) is 13.2 Å². The largest absolute Gasteiger partial charge is 0.497 e. The average Bonchev–Trinajstić information content (AvgIpc) is 3.62. The molecule has 0 fully saturated rings. The Kier molecular flexibility index (Phi) is 9.50. The maximum Gasteiger partial charge on any atom is 0.280 e. The molecule has 0 saturated heterocycles. The second kappa shape index (κ2) is 13.0. The molecule has 0 aliphatic rings. The average molecular weight is 569 g/mol. The highest BCUT2D eigenvalue weighted by Crippen LogP contribution is 2.32. The van der Waals surface area contributed by atoms with Gasteiger partial charge in [0.2, 0.25) is 15.2 Å². The first-order chi connectivity index (χ1) is 18.9. The molecule has 0 spiro atoms. The van der Waals surface area contributed by atoms with Crippen LogP contribution >= 0.6 is 11.3 Å². The van der Waals surface area contributed by atoms with Gasteiger partial charge in [-0.05, 0) is 67.4 Å². The number of sulfonamides is 1. The van der Waals surface area contributed by atoms with Crippen molar-refractivity contribution in [1.29, 1.82) is 0 Å². The van der Waals surface area contributed by atoms with Crippen LogP contribution in [0, 0.1) is 0 Å². The minimum absolute atomic E-state index is 0.156. The molecule has 0 N–H and O–H groups in total. The van der Waals surface area contributed by atoms with E-state index in [1.807, 2.05) is 26.0 Å². The highest BCUT2D eigenvalue weighted by atomic mass is 32.2. The van der Waals surface area contributed by atoms with Crippen molar-refractivity contribution >= 4 is 48.8 Å². The first-order valence-electron chi connectivity index (χ1n) is 12.8. The van der Waals surface area contributed by atoms with Gasteiger partial charge in [0.15, 0.2) is 0 Å². The van der Waals surface area contributed by atoms with Crippen LogP contribution in [0.25, 0.3) is 10.2 Å². The van der Waals surface area contributed by atoms with Crippen LogP contribution in [-0.2, 0) is 10.0 Å². The molecule has 0 aliphatic carbocycles. The molecule has 39 heavy (non-hydrogen) atoms. The molecule has 11 heteroatoms. The molecule has 2 aromatic carbocycles. The summed E-state index contributed by atoms with van der Waals surface area (Å²) in [5.41, 5.74) is 0.971. The summed E-state index contributed by atoms with van der Waals surface area (Å²) in [6.07, 6.45) is 6.33. The summed E-state index contributed by atoms with van der Waals surface area (Å²) in [6, 6.07) is 14.9. The third-order valence-electron chi connectivity index (χ3n) is 6.06. The van der Waals surface area contributed by atoms with Crippen LogP contribution in [0.3, 0.4) is 0 Å². The summed E-state index contributed by atoms with van der Waals surface area (Å²) in [5.74, 6) is 0.691. The van der Waals surface area contributed by atoms with Crippen LogP contribution in [0.5, 0.6) is 5.75 Å². The van der Waals surface area contributed by atoms with Gasteiger partial charge in [-0.1, -0.05) is 38.0 Å². The number of thiazole rings is 1. The number of carbonyl (C=O) groups excluding carboxylic acids is 1. The molecule has 0 radical (unpaired) electrons. The van der Waals surface area contributed by atoms with Gasteiger partial charge in [0.25, 0.3) is 5.91 Å². The number of furan rings is 1. The lowest BCUT2D eigenvalue weighted by atomic mass is 10.2. The Hall–Kier alpha value is -3.54. The molecule has 1 amide bonds. The fourth-order valence-corrected chi connectivity index (χ4v) is 6.31. The van der Waals surface area contributed by atoms with Crippen LogP contribution in [0.15, 0.2) is 75.3 Å². The van der Waals surface area contributed by atoms with Gasteiger partial charge >= 0.3 is 0 Å². The normalized spacial score (nSPS) is 12.0. The molecule has 0 atom stereocenters. The quantitative estimate of drug-likeness (QED) is 0.141. The van der Waals surface area contributed by atoms with Crippen molar-refractivity contribution in [2.24, 2.45) is 5.10 Å². The standard InChI is InChI=1S/C28H32N4O5S2/c1-4-6-16-31(17-7-5-2)39(34,35)24-13-10-21(11-14-24)27(33)32(29-20-23-9-8-18-37-23)28-30-25-15-12-22(36-3)19-26(25)38-28/h8-15,18-20H,4-7,16-17H2,1-3H3/b29-20+. The van der Waals surface area contributed by atoms with Gasteiger partial charge in [-0.15, -0.1) is 0 Å². The highest BCUT2D eigenvalue weighted by Gasteiger charge is 2.26. The summed E-state index contributed by atoms with van der Waals surface area (Å²) < 4.78 is 39.7. The number of fused-ring (bicyclic) bond motifs is 1. The zero-order valence-electron chi connectivity index (χ0n) is 22.2. The number of benzene rings is 2. The molecule has 0 unspecified atom stereocenters. The SMILES string of the molecule is CCCCN(CCCC)S(=O)(=O)c1ccc(C(=O)N(/N=C/c2ccco2)c2nc3ccc(OC)cc3s2)cc1. The summed E-state index contributed by atoms with van der Waals surface area (Å²) in [4.78, 5) is 18.4. The van der Waals surface area contributed by atoms with Crippen LogP contribution in [0.4, 0.5) is 5.13 Å². The Morgan fingerprint density at radius 1 is 1.08 bits per heavy atom. The molecule has 0 saturated carbocycles. The van der Waals surface area contributed by atoms with E-state index < -0.39 is 15.9 Å². The number of hydrazone groups is 1. The van der Waals surface area contributed by atoms with E-state index in [0.29, 0.717) is 35.2 Å². The molecule has 2 aromatic heterocycles. The zero-order valence-corrected chi connectivity index (χ0v) is 23.9. The number of unbranched alkanes of at least 4 members (excludes halogenated alkanes) is 2. The van der Waals surface area contributed by atoms with E-state index >= 15 is 0 Å². The smallest absolute Gasteiger partial charge is 0.280 e. The molecule has 0 aliphatic heterocycles. The number of nitrogens with zero attached hydrogens (tertiary/aromatic N) is 4. The monoisotopic (exact) mass is 568 g/mol. The second-order valence-electron chi connectivity index (χ2n) is 8.84. The first kappa shape index (κ1) is 28.5. The highest BCUT2D eigenvalue weighted by molar-refractivity contribution is 7.89. The molecular weight excluding hydrogens is 536 g/mol. The van der Waals surface area contributed by atoms with Gasteiger partial charge < -0.3 is 9.15 Å². The van der Waals surface area contributed by atoms with Gasteiger partial charge in [-0.2, -0.15) is 14.4 Å². The first-order valence-corrected chi connectivity index (χ1v) is 15.1. The van der Waals surface area contributed by atoms with Crippen molar-refractivity contribution in [3.63, 3.8) is 0 Å². The van der Waals surface area contributed by atoms with E-state index in [1.165, 1.54) is 57.4 Å². The molecule has 2 heterocycles. The lowest BCUT2D eigenvalue weighted by Gasteiger charge is -2.22. The van der Waals surface area contributed by atoms with Crippen molar-refractivity contribution in [1.82, 2.24) is 9.29 Å². The van der Waals surface area contributed by atoms with Crippen molar-refractivity contribution in [3.05, 3.63) is 72.2 Å². The topological polar surface area (TPSA) is 105 Å². The van der Waals surface area contributed by atoms with Crippen LogP contribution in [-0.4, -0.2) is 50.0 Å². The molecule has 4 rings (SSSR count). The number of methoxy groups -OCH3 is 1. The number of amides is 1. The van der Waals surface area contributed by atoms with Crippen molar-refractivity contribution in [2.45, 2.75) is 44.4 Å². The van der Waals surface area contributed by atoms with Gasteiger partial charge in [-0.3, -0.25) is 4.79 Å². The van der Waals surface area contributed by atoms with E-state index in [0.717, 1.165) is 30.4 Å². The van der Waals surface area contributed by atoms with Crippen molar-refractivity contribution in [3.8, 4) is 5.75 Å². The maximum absolute atomic E-state index is 13.6. The Morgan fingerprint density at radius 2 is 1.79 bits per heavy atom. The fraction of sp³-hybridized carbons (Fsp3) is 0.321. The Balaban J connectivity index is 1.65. The zero-order chi connectivity index (χ0) is 27.8. The molecular formula is C28H32N4O5S2. The number of ether oxygens (including phenoxy) is 1. The number of aromatic nitrogens is 1. The van der Waals surface area contributed by atoms with Crippen LogP contribution < -0.4 is 9.75 Å². The van der Waals surface area contributed by atoms with Crippen LogP contribution in [0.1, 0.15) is 55.6 Å². The summed E-state index contributed by atoms with van der Waals surface area (Å²) in [5, 5.41) is 5.92. The number of carbonyl (C=O) groups is 1. The maximum atomic E-state index is 13.6. The van der Waals surface area contributed by atoms with E-state index in [-0.39, 0.29) is 10.5 Å². The third-order valence-corrected chi connectivity index (χ3v) is 8.97. The van der Waals surface area contributed by atoms with Gasteiger partial charge in [0, 0.05) is 18.7 Å². The Bertz CT molecular complexity index is 1510. The molecule has 9 nitrogen and oxygen atoms in total. The minimum Gasteiger partial charge on any atom is -0.497 e. The van der Waals surface area contributed by atoms with Crippen molar-refractivity contribution < 1.29 is 22.4 Å². The summed E-state index contributed by atoms with van der Waals surface area (Å²) in [7, 11) is -2.09. The van der Waals surface area contributed by atoms with Crippen molar-refractivity contribution in [2.75, 3.05) is 25.2 Å². The van der Waals surface area contributed by atoms with Gasteiger partial charge in [0.1, 0.15) is 11.5 Å². The second-order valence-corrected chi connectivity index (χ2v) is 11.8. The fourth-order valence-electron chi connectivity index (χ4n) is 3.84.